The van der Waals surface area contributed by atoms with E-state index in [4.69, 9.17) is 9.47 Å². The molecule has 0 saturated heterocycles. The maximum Gasteiger partial charge on any atom is 0.183 e. The minimum absolute atomic E-state index is 0.0230. The Bertz CT molecular complexity index is 956. The molecule has 1 aliphatic heterocycles. The lowest BCUT2D eigenvalue weighted by Crippen LogP contribution is -2.13. The van der Waals surface area contributed by atoms with E-state index in [0.717, 1.165) is 33.6 Å². The second-order valence-electron chi connectivity index (χ2n) is 6.03. The average Bonchev–Trinajstić information content (AvgIpc) is 3.04. The summed E-state index contributed by atoms with van der Waals surface area (Å²) in [6.45, 7) is 1.53. The first-order valence-corrected chi connectivity index (χ1v) is 10.2. The van der Waals surface area contributed by atoms with Crippen LogP contribution in [0.15, 0.2) is 52.3 Å². The number of aromatic nitrogens is 1. The lowest BCUT2D eigenvalue weighted by molar-refractivity contribution is 0.101. The van der Waals surface area contributed by atoms with E-state index in [-0.39, 0.29) is 12.3 Å². The van der Waals surface area contributed by atoms with E-state index >= 15 is 0 Å². The van der Waals surface area contributed by atoms with Crippen LogP contribution in [0, 0.1) is 0 Å². The summed E-state index contributed by atoms with van der Waals surface area (Å²) in [5.41, 5.74) is 2.47. The van der Waals surface area contributed by atoms with Gasteiger partial charge in [0.05, 0.1) is 25.5 Å². The van der Waals surface area contributed by atoms with Crippen molar-refractivity contribution in [2.45, 2.75) is 6.42 Å². The van der Waals surface area contributed by atoms with Crippen molar-refractivity contribution in [3.8, 4) is 22.8 Å². The summed E-state index contributed by atoms with van der Waals surface area (Å²) in [5.74, 6) is 1.54. The Morgan fingerprint density at radius 3 is 2.70 bits per heavy atom. The van der Waals surface area contributed by atoms with Gasteiger partial charge >= 0.3 is 0 Å². The molecule has 5 nitrogen and oxygen atoms in total. The Hall–Kier alpha value is -2.38. The molecule has 0 amide bonds. The largest absolute Gasteiger partial charge is 0.490 e. The van der Waals surface area contributed by atoms with Crippen LogP contribution in [0.25, 0.3) is 11.3 Å². The zero-order valence-corrected chi connectivity index (χ0v) is 16.8. The molecule has 1 aromatic heterocycles. The second kappa shape index (κ2) is 8.10. The number of fused-ring (bicyclic) bond motifs is 1. The second-order valence-corrected chi connectivity index (χ2v) is 7.81. The molecule has 0 aliphatic carbocycles. The Balaban J connectivity index is 1.43. The lowest BCUT2D eigenvalue weighted by Gasteiger charge is -2.08. The van der Waals surface area contributed by atoms with Crippen LogP contribution in [-0.4, -0.2) is 30.5 Å². The van der Waals surface area contributed by atoms with Crippen molar-refractivity contribution in [2.75, 3.05) is 25.1 Å². The number of ketones is 1. The molecule has 0 spiro atoms. The number of hydrogen-bond acceptors (Lipinski definition) is 6. The summed E-state index contributed by atoms with van der Waals surface area (Å²) in [6, 6.07) is 13.2. The molecule has 1 aliphatic rings. The Morgan fingerprint density at radius 2 is 1.89 bits per heavy atom. The van der Waals surface area contributed by atoms with Gasteiger partial charge in [-0.1, -0.05) is 28.1 Å². The predicted octanol–water partition coefficient (Wildman–Crippen LogP) is 5.03. The summed E-state index contributed by atoms with van der Waals surface area (Å²) in [4.78, 5) is 16.9. The van der Waals surface area contributed by atoms with Crippen LogP contribution >= 0.6 is 27.3 Å². The highest BCUT2D eigenvalue weighted by Gasteiger charge is 2.13. The number of hydrogen-bond donors (Lipinski definition) is 1. The zero-order chi connectivity index (χ0) is 18.6. The third kappa shape index (κ3) is 4.31. The normalized spacial score (nSPS) is 13.1. The van der Waals surface area contributed by atoms with Gasteiger partial charge in [-0.3, -0.25) is 4.79 Å². The van der Waals surface area contributed by atoms with Gasteiger partial charge < -0.3 is 14.8 Å². The number of anilines is 1. The highest BCUT2D eigenvalue weighted by molar-refractivity contribution is 9.10. The summed E-state index contributed by atoms with van der Waals surface area (Å²) >= 11 is 4.84. The van der Waals surface area contributed by atoms with Crippen LogP contribution in [0.3, 0.4) is 0 Å². The van der Waals surface area contributed by atoms with Gasteiger partial charge in [-0.25, -0.2) is 4.98 Å². The third-order valence-electron chi connectivity index (χ3n) is 4.11. The van der Waals surface area contributed by atoms with E-state index in [2.05, 4.69) is 26.2 Å². The Morgan fingerprint density at radius 1 is 1.11 bits per heavy atom. The number of benzene rings is 2. The summed E-state index contributed by atoms with van der Waals surface area (Å²) in [7, 11) is 0. The SMILES string of the molecule is O=C(CNc1nc(-c2ccc3c(c2)OCCCO3)cs1)c1ccc(Br)cc1. The van der Waals surface area contributed by atoms with Crippen molar-refractivity contribution in [2.24, 2.45) is 0 Å². The smallest absolute Gasteiger partial charge is 0.183 e. The fraction of sp³-hybridized carbons (Fsp3) is 0.200. The minimum Gasteiger partial charge on any atom is -0.490 e. The monoisotopic (exact) mass is 444 g/mol. The van der Waals surface area contributed by atoms with Gasteiger partial charge in [0.1, 0.15) is 0 Å². The van der Waals surface area contributed by atoms with E-state index in [1.807, 2.05) is 35.7 Å². The van der Waals surface area contributed by atoms with Crippen molar-refractivity contribution in [3.05, 3.63) is 57.9 Å². The quantitative estimate of drug-likeness (QED) is 0.559. The maximum absolute atomic E-state index is 12.3. The van der Waals surface area contributed by atoms with E-state index in [1.54, 1.807) is 12.1 Å². The summed E-state index contributed by atoms with van der Waals surface area (Å²) in [6.07, 6.45) is 0.876. The standard InChI is InChI=1S/C20H17BrN2O3S/c21-15-5-2-13(3-6-15)17(24)11-22-20-23-16(12-27-20)14-4-7-18-19(10-14)26-9-1-8-25-18/h2-7,10,12H,1,8-9,11H2,(H,22,23). The fourth-order valence-corrected chi connectivity index (χ4v) is 3.69. The van der Waals surface area contributed by atoms with E-state index in [0.29, 0.717) is 23.9 Å². The molecule has 2 aromatic carbocycles. The number of ether oxygens (including phenoxy) is 2. The Labute approximate surface area is 169 Å². The number of rotatable bonds is 5. The minimum atomic E-state index is 0.0230. The molecule has 0 fully saturated rings. The molecule has 4 rings (SSSR count). The number of Topliss-reactive ketones (excluding diaryl/α,β-unsaturated/α-hetero) is 1. The summed E-state index contributed by atoms with van der Waals surface area (Å²) in [5, 5.41) is 5.78. The van der Waals surface area contributed by atoms with Gasteiger partial charge in [-0.15, -0.1) is 11.3 Å². The van der Waals surface area contributed by atoms with Crippen LogP contribution in [0.5, 0.6) is 11.5 Å². The fourth-order valence-electron chi connectivity index (χ4n) is 2.70. The topological polar surface area (TPSA) is 60.5 Å². The van der Waals surface area contributed by atoms with Gasteiger partial charge in [-0.2, -0.15) is 0 Å². The molecule has 0 bridgehead atoms. The van der Waals surface area contributed by atoms with Gasteiger partial charge in [0.25, 0.3) is 0 Å². The van der Waals surface area contributed by atoms with E-state index in [1.165, 1.54) is 11.3 Å². The van der Waals surface area contributed by atoms with E-state index in [9.17, 15) is 4.79 Å². The molecule has 0 radical (unpaired) electrons. The average molecular weight is 445 g/mol. The highest BCUT2D eigenvalue weighted by Crippen LogP contribution is 2.35. The van der Waals surface area contributed by atoms with Gasteiger partial charge in [0.2, 0.25) is 0 Å². The van der Waals surface area contributed by atoms with Crippen LogP contribution in [0.2, 0.25) is 0 Å². The van der Waals surface area contributed by atoms with Crippen molar-refractivity contribution in [3.63, 3.8) is 0 Å². The third-order valence-corrected chi connectivity index (χ3v) is 5.44. The van der Waals surface area contributed by atoms with Crippen LogP contribution in [-0.2, 0) is 0 Å². The van der Waals surface area contributed by atoms with Gasteiger partial charge in [0.15, 0.2) is 22.4 Å². The lowest BCUT2D eigenvalue weighted by atomic mass is 10.1. The zero-order valence-electron chi connectivity index (χ0n) is 14.4. The number of nitrogens with one attached hydrogen (secondary N) is 1. The molecule has 7 heteroatoms. The molecule has 0 atom stereocenters. The highest BCUT2D eigenvalue weighted by atomic mass is 79.9. The molecule has 0 unspecified atom stereocenters. The molecule has 27 heavy (non-hydrogen) atoms. The maximum atomic E-state index is 12.3. The number of halogens is 1. The molecule has 138 valence electrons. The Kier molecular flexibility index (Phi) is 5.40. The van der Waals surface area contributed by atoms with Gasteiger partial charge in [-0.05, 0) is 30.3 Å². The number of carbonyl (C=O) groups excluding carboxylic acids is 1. The van der Waals surface area contributed by atoms with Gasteiger partial charge in [0, 0.05) is 27.4 Å². The molecule has 2 heterocycles. The van der Waals surface area contributed by atoms with Crippen LogP contribution in [0.4, 0.5) is 5.13 Å². The van der Waals surface area contributed by atoms with Crippen molar-refractivity contribution in [1.82, 2.24) is 4.98 Å². The first-order valence-electron chi connectivity index (χ1n) is 8.57. The first-order chi connectivity index (χ1) is 13.2. The summed E-state index contributed by atoms with van der Waals surface area (Å²) < 4.78 is 12.4. The molecule has 0 saturated carbocycles. The van der Waals surface area contributed by atoms with E-state index < -0.39 is 0 Å². The first kappa shape index (κ1) is 18.0. The van der Waals surface area contributed by atoms with Crippen LogP contribution in [0.1, 0.15) is 16.8 Å². The van der Waals surface area contributed by atoms with Crippen molar-refractivity contribution < 1.29 is 14.3 Å². The molecule has 1 N–H and O–H groups in total. The molecular formula is C20H17BrN2O3S. The van der Waals surface area contributed by atoms with Crippen LogP contribution < -0.4 is 14.8 Å². The number of carbonyl (C=O) groups is 1. The van der Waals surface area contributed by atoms with Crippen molar-refractivity contribution >= 4 is 38.2 Å². The molecule has 3 aromatic rings. The predicted molar refractivity (Wildman–Crippen MR) is 110 cm³/mol. The number of thiazole rings is 1. The molecular weight excluding hydrogens is 428 g/mol. The van der Waals surface area contributed by atoms with Crippen molar-refractivity contribution in [1.29, 1.82) is 0 Å². The number of nitrogens with zero attached hydrogens (tertiary/aromatic N) is 1.